The summed E-state index contributed by atoms with van der Waals surface area (Å²) in [4.78, 5) is 18.9. The third kappa shape index (κ3) is 6.69. The van der Waals surface area contributed by atoms with Crippen molar-refractivity contribution < 1.29 is 4.79 Å². The number of likely N-dealkylation sites (N-methyl/N-ethyl adjacent to an activating group) is 1. The number of thiophene rings is 1. The first kappa shape index (κ1) is 19.2. The topological polar surface area (TPSA) is 47.3 Å². The molecule has 5 heteroatoms. The van der Waals surface area contributed by atoms with Crippen molar-refractivity contribution in [3.05, 3.63) is 57.8 Å². The summed E-state index contributed by atoms with van der Waals surface area (Å²) in [6.07, 6.45) is 1.29. The highest BCUT2D eigenvalue weighted by molar-refractivity contribution is 7.11. The van der Waals surface area contributed by atoms with E-state index in [1.807, 2.05) is 18.2 Å². The number of hydrogen-bond acceptors (Lipinski definition) is 4. The number of benzene rings is 1. The zero-order chi connectivity index (χ0) is 18.1. The smallest absolute Gasteiger partial charge is 0.236 e. The minimum Gasteiger partial charge on any atom is -0.344 e. The highest BCUT2D eigenvalue weighted by Gasteiger charge is 2.15. The highest BCUT2D eigenvalue weighted by Crippen LogP contribution is 2.17. The average Bonchev–Trinajstić information content (AvgIpc) is 3.03. The third-order valence-electron chi connectivity index (χ3n) is 4.08. The van der Waals surface area contributed by atoms with Gasteiger partial charge in [0.15, 0.2) is 0 Å². The molecule has 0 fully saturated rings. The van der Waals surface area contributed by atoms with Crippen molar-refractivity contribution in [3.8, 4) is 6.07 Å². The van der Waals surface area contributed by atoms with Crippen LogP contribution < -0.4 is 0 Å². The lowest BCUT2D eigenvalue weighted by Gasteiger charge is -2.24. The fourth-order valence-corrected chi connectivity index (χ4v) is 3.52. The first-order chi connectivity index (χ1) is 12.1. The fourth-order valence-electron chi connectivity index (χ4n) is 2.59. The molecule has 25 heavy (non-hydrogen) atoms. The second-order valence-corrected chi connectivity index (χ2v) is 7.55. The number of nitriles is 1. The lowest BCUT2D eigenvalue weighted by molar-refractivity contribution is -0.131. The van der Waals surface area contributed by atoms with E-state index in [0.29, 0.717) is 19.5 Å². The Morgan fingerprint density at radius 2 is 1.92 bits per heavy atom. The second kappa shape index (κ2) is 9.97. The van der Waals surface area contributed by atoms with Crippen LogP contribution in [0.1, 0.15) is 21.7 Å². The van der Waals surface area contributed by atoms with Crippen LogP contribution in [0, 0.1) is 18.3 Å². The van der Waals surface area contributed by atoms with Crippen LogP contribution in [-0.4, -0.2) is 42.4 Å². The number of carbonyl (C=O) groups is 1. The SMILES string of the molecule is Cc1ccc(CN(CCc2ccccc2)CC(=O)N(C)CCC#N)s1. The molecule has 0 bridgehead atoms. The molecule has 2 aromatic rings. The molecule has 1 aromatic heterocycles. The maximum absolute atomic E-state index is 12.4. The molecule has 1 amide bonds. The van der Waals surface area contributed by atoms with Crippen LogP contribution in [0.4, 0.5) is 0 Å². The number of rotatable bonds is 9. The molecule has 1 heterocycles. The molecule has 0 aliphatic carbocycles. The molecular formula is C20H25N3OS. The van der Waals surface area contributed by atoms with E-state index in [0.717, 1.165) is 19.5 Å². The molecule has 0 atom stereocenters. The van der Waals surface area contributed by atoms with Crippen molar-refractivity contribution in [2.75, 3.05) is 26.7 Å². The van der Waals surface area contributed by atoms with Crippen LogP contribution in [-0.2, 0) is 17.8 Å². The van der Waals surface area contributed by atoms with Gasteiger partial charge in [0.1, 0.15) is 0 Å². The molecule has 132 valence electrons. The predicted octanol–water partition coefficient (Wildman–Crippen LogP) is 3.47. The summed E-state index contributed by atoms with van der Waals surface area (Å²) in [5, 5.41) is 8.69. The van der Waals surface area contributed by atoms with E-state index in [1.165, 1.54) is 15.3 Å². The Kier molecular flexibility index (Phi) is 7.65. The van der Waals surface area contributed by atoms with Gasteiger partial charge in [0.05, 0.1) is 19.0 Å². The van der Waals surface area contributed by atoms with Crippen molar-refractivity contribution in [1.29, 1.82) is 5.26 Å². The second-order valence-electron chi connectivity index (χ2n) is 6.18. The van der Waals surface area contributed by atoms with Gasteiger partial charge < -0.3 is 4.90 Å². The van der Waals surface area contributed by atoms with E-state index in [2.05, 4.69) is 42.2 Å². The summed E-state index contributed by atoms with van der Waals surface area (Å²) in [6.45, 7) is 4.58. The molecular weight excluding hydrogens is 330 g/mol. The quantitative estimate of drug-likeness (QED) is 0.692. The summed E-state index contributed by atoms with van der Waals surface area (Å²) in [5.74, 6) is 0.0663. The number of carbonyl (C=O) groups excluding carboxylic acids is 1. The van der Waals surface area contributed by atoms with Crippen molar-refractivity contribution in [1.82, 2.24) is 9.80 Å². The van der Waals surface area contributed by atoms with Gasteiger partial charge in [-0.3, -0.25) is 9.69 Å². The lowest BCUT2D eigenvalue weighted by Crippen LogP contribution is -2.39. The van der Waals surface area contributed by atoms with Gasteiger partial charge in [-0.25, -0.2) is 0 Å². The molecule has 0 saturated carbocycles. The van der Waals surface area contributed by atoms with Gasteiger partial charge in [-0.05, 0) is 31.0 Å². The molecule has 4 nitrogen and oxygen atoms in total. The standard InChI is InChI=1S/C20H25N3OS/c1-17-9-10-19(25-17)15-23(14-11-18-7-4-3-5-8-18)16-20(24)22(2)13-6-12-21/h3-5,7-10H,6,11,13-16H2,1-2H3. The Morgan fingerprint density at radius 3 is 2.56 bits per heavy atom. The first-order valence-electron chi connectivity index (χ1n) is 8.51. The van der Waals surface area contributed by atoms with Gasteiger partial charge in [0.2, 0.25) is 5.91 Å². The maximum Gasteiger partial charge on any atom is 0.236 e. The van der Waals surface area contributed by atoms with Crippen LogP contribution in [0.25, 0.3) is 0 Å². The van der Waals surface area contributed by atoms with Gasteiger partial charge in [-0.2, -0.15) is 5.26 Å². The Balaban J connectivity index is 1.98. The molecule has 0 spiro atoms. The molecule has 0 aliphatic rings. The summed E-state index contributed by atoms with van der Waals surface area (Å²) in [6, 6.07) is 16.7. The number of hydrogen-bond donors (Lipinski definition) is 0. The molecule has 1 aromatic carbocycles. The van der Waals surface area contributed by atoms with E-state index in [9.17, 15) is 4.79 Å². The van der Waals surface area contributed by atoms with Gasteiger partial charge in [-0.15, -0.1) is 11.3 Å². The predicted molar refractivity (Wildman–Crippen MR) is 102 cm³/mol. The van der Waals surface area contributed by atoms with Gasteiger partial charge in [0, 0.05) is 36.4 Å². The Hall–Kier alpha value is -2.16. The molecule has 0 N–H and O–H groups in total. The zero-order valence-corrected chi connectivity index (χ0v) is 15.8. The van der Waals surface area contributed by atoms with Crippen LogP contribution >= 0.6 is 11.3 Å². The minimum absolute atomic E-state index is 0.0663. The Morgan fingerprint density at radius 1 is 1.16 bits per heavy atom. The van der Waals surface area contributed by atoms with Crippen molar-refractivity contribution >= 4 is 17.2 Å². The summed E-state index contributed by atoms with van der Waals surface area (Å²) in [5.41, 5.74) is 1.28. The third-order valence-corrected chi connectivity index (χ3v) is 5.06. The average molecular weight is 356 g/mol. The summed E-state index contributed by atoms with van der Waals surface area (Å²) in [7, 11) is 1.77. The molecule has 0 unspecified atom stereocenters. The summed E-state index contributed by atoms with van der Waals surface area (Å²) < 4.78 is 0. The van der Waals surface area contributed by atoms with Crippen molar-refractivity contribution in [2.45, 2.75) is 26.3 Å². The van der Waals surface area contributed by atoms with Crippen LogP contribution in [0.2, 0.25) is 0 Å². The normalized spacial score (nSPS) is 10.6. The maximum atomic E-state index is 12.4. The number of nitrogens with zero attached hydrogens (tertiary/aromatic N) is 3. The zero-order valence-electron chi connectivity index (χ0n) is 14.9. The van der Waals surface area contributed by atoms with E-state index in [-0.39, 0.29) is 5.91 Å². The number of aryl methyl sites for hydroxylation is 1. The van der Waals surface area contributed by atoms with Gasteiger partial charge in [0.25, 0.3) is 0 Å². The largest absolute Gasteiger partial charge is 0.344 e. The Labute approximate surface area is 154 Å². The minimum atomic E-state index is 0.0663. The monoisotopic (exact) mass is 355 g/mol. The van der Waals surface area contributed by atoms with Crippen molar-refractivity contribution in [2.24, 2.45) is 0 Å². The van der Waals surface area contributed by atoms with Crippen LogP contribution in [0.5, 0.6) is 0 Å². The van der Waals surface area contributed by atoms with Crippen LogP contribution in [0.3, 0.4) is 0 Å². The van der Waals surface area contributed by atoms with E-state index in [1.54, 1.807) is 23.3 Å². The molecule has 0 aliphatic heterocycles. The summed E-state index contributed by atoms with van der Waals surface area (Å²) >= 11 is 1.78. The number of amides is 1. The molecule has 0 radical (unpaired) electrons. The molecule has 0 saturated heterocycles. The molecule has 2 rings (SSSR count). The van der Waals surface area contributed by atoms with E-state index < -0.39 is 0 Å². The van der Waals surface area contributed by atoms with Gasteiger partial charge in [-0.1, -0.05) is 30.3 Å². The van der Waals surface area contributed by atoms with Gasteiger partial charge >= 0.3 is 0 Å². The van der Waals surface area contributed by atoms with E-state index in [4.69, 9.17) is 5.26 Å². The van der Waals surface area contributed by atoms with Crippen LogP contribution in [0.15, 0.2) is 42.5 Å². The highest BCUT2D eigenvalue weighted by atomic mass is 32.1. The van der Waals surface area contributed by atoms with E-state index >= 15 is 0 Å². The first-order valence-corrected chi connectivity index (χ1v) is 9.32. The Bertz CT molecular complexity index is 705. The van der Waals surface area contributed by atoms with Crippen molar-refractivity contribution in [3.63, 3.8) is 0 Å². The fraction of sp³-hybridized carbons (Fsp3) is 0.400. The lowest BCUT2D eigenvalue weighted by atomic mass is 10.1.